The molecule has 6 heteroatoms. The molecule has 0 bridgehead atoms. The lowest BCUT2D eigenvalue weighted by Gasteiger charge is -2.13. The standard InChI is InChI=1S/C13H17N3O2S/c1-3-4-14-7(2)10-6-19-13(15-10)16-11(17)8-5-9(8)12(16)18/h6-9,14H,3-5H2,1-2H3. The number of imide groups is 1. The van der Waals surface area contributed by atoms with Crippen LogP contribution in [0.4, 0.5) is 5.13 Å². The Morgan fingerprint density at radius 1 is 1.47 bits per heavy atom. The number of fused-ring (bicyclic) bond motifs is 1. The minimum Gasteiger partial charge on any atom is -0.309 e. The van der Waals surface area contributed by atoms with Gasteiger partial charge in [0.05, 0.1) is 17.5 Å². The van der Waals surface area contributed by atoms with Crippen molar-refractivity contribution in [1.82, 2.24) is 10.3 Å². The van der Waals surface area contributed by atoms with Crippen molar-refractivity contribution >= 4 is 28.3 Å². The summed E-state index contributed by atoms with van der Waals surface area (Å²) in [5.74, 6) is -0.249. The van der Waals surface area contributed by atoms with Gasteiger partial charge in [-0.1, -0.05) is 6.92 Å². The van der Waals surface area contributed by atoms with E-state index in [4.69, 9.17) is 0 Å². The number of nitrogens with zero attached hydrogens (tertiary/aromatic N) is 2. The lowest BCUT2D eigenvalue weighted by atomic mass is 10.2. The van der Waals surface area contributed by atoms with Crippen molar-refractivity contribution in [2.45, 2.75) is 32.7 Å². The summed E-state index contributed by atoms with van der Waals surface area (Å²) in [6, 6.07) is 0.146. The van der Waals surface area contributed by atoms with E-state index < -0.39 is 0 Å². The van der Waals surface area contributed by atoms with E-state index in [1.54, 1.807) is 0 Å². The van der Waals surface area contributed by atoms with E-state index in [9.17, 15) is 9.59 Å². The fourth-order valence-corrected chi connectivity index (χ4v) is 3.34. The van der Waals surface area contributed by atoms with E-state index >= 15 is 0 Å². The summed E-state index contributed by atoms with van der Waals surface area (Å²) in [5.41, 5.74) is 0.898. The first kappa shape index (κ1) is 12.7. The Hall–Kier alpha value is -1.27. The maximum Gasteiger partial charge on any atom is 0.239 e. The first-order valence-electron chi connectivity index (χ1n) is 6.70. The molecule has 0 spiro atoms. The molecule has 1 aromatic heterocycles. The van der Waals surface area contributed by atoms with Crippen molar-refractivity contribution in [2.24, 2.45) is 11.8 Å². The van der Waals surface area contributed by atoms with Crippen LogP contribution < -0.4 is 10.2 Å². The van der Waals surface area contributed by atoms with Crippen LogP contribution >= 0.6 is 11.3 Å². The molecule has 1 N–H and O–H groups in total. The Morgan fingerprint density at radius 2 is 2.16 bits per heavy atom. The largest absolute Gasteiger partial charge is 0.309 e. The molecule has 1 aromatic rings. The van der Waals surface area contributed by atoms with Crippen LogP contribution in [0, 0.1) is 11.8 Å². The average Bonchev–Trinajstić information content (AvgIpc) is 2.99. The molecular weight excluding hydrogens is 262 g/mol. The van der Waals surface area contributed by atoms with Gasteiger partial charge in [-0.25, -0.2) is 9.88 Å². The first-order chi connectivity index (χ1) is 9.13. The van der Waals surface area contributed by atoms with Gasteiger partial charge in [-0.15, -0.1) is 11.3 Å². The molecule has 1 saturated heterocycles. The van der Waals surface area contributed by atoms with Crippen LogP contribution in [-0.2, 0) is 9.59 Å². The summed E-state index contributed by atoms with van der Waals surface area (Å²) >= 11 is 1.37. The quantitative estimate of drug-likeness (QED) is 0.834. The zero-order chi connectivity index (χ0) is 13.6. The maximum atomic E-state index is 12.0. The third-order valence-electron chi connectivity index (χ3n) is 3.71. The van der Waals surface area contributed by atoms with E-state index in [1.165, 1.54) is 16.2 Å². The molecule has 1 saturated carbocycles. The van der Waals surface area contributed by atoms with E-state index in [0.29, 0.717) is 5.13 Å². The molecule has 1 aliphatic heterocycles. The van der Waals surface area contributed by atoms with Gasteiger partial charge < -0.3 is 5.32 Å². The highest BCUT2D eigenvalue weighted by Gasteiger charge is 2.60. The van der Waals surface area contributed by atoms with Gasteiger partial charge in [-0.3, -0.25) is 9.59 Å². The molecule has 102 valence electrons. The number of rotatable bonds is 5. The number of nitrogens with one attached hydrogen (secondary N) is 1. The fourth-order valence-electron chi connectivity index (χ4n) is 2.41. The fraction of sp³-hybridized carbons (Fsp3) is 0.615. The Kier molecular flexibility index (Phi) is 3.14. The second-order valence-electron chi connectivity index (χ2n) is 5.19. The van der Waals surface area contributed by atoms with Crippen LogP contribution in [-0.4, -0.2) is 23.3 Å². The lowest BCUT2D eigenvalue weighted by Crippen LogP contribution is -2.32. The summed E-state index contributed by atoms with van der Waals surface area (Å²) < 4.78 is 0. The van der Waals surface area contributed by atoms with Gasteiger partial charge in [0.15, 0.2) is 5.13 Å². The number of thiazole rings is 1. The van der Waals surface area contributed by atoms with Crippen LogP contribution in [0.25, 0.3) is 0 Å². The van der Waals surface area contributed by atoms with Gasteiger partial charge in [0.1, 0.15) is 0 Å². The SMILES string of the molecule is CCCNC(C)c1csc(N2C(=O)C3CC3C2=O)n1. The third kappa shape index (κ3) is 2.08. The van der Waals surface area contributed by atoms with E-state index in [0.717, 1.165) is 25.1 Å². The van der Waals surface area contributed by atoms with Gasteiger partial charge in [-0.05, 0) is 26.3 Å². The second kappa shape index (κ2) is 4.68. The number of aromatic nitrogens is 1. The summed E-state index contributed by atoms with van der Waals surface area (Å²) in [7, 11) is 0. The van der Waals surface area contributed by atoms with Gasteiger partial charge in [-0.2, -0.15) is 0 Å². The molecule has 3 unspecified atom stereocenters. The molecule has 19 heavy (non-hydrogen) atoms. The smallest absolute Gasteiger partial charge is 0.239 e. The molecule has 2 amide bonds. The lowest BCUT2D eigenvalue weighted by molar-refractivity contribution is -0.123. The summed E-state index contributed by atoms with van der Waals surface area (Å²) in [4.78, 5) is 29.6. The van der Waals surface area contributed by atoms with Crippen molar-refractivity contribution in [3.8, 4) is 0 Å². The Bertz CT molecular complexity index is 508. The molecule has 5 nitrogen and oxygen atoms in total. The number of piperidine rings is 1. The Balaban J connectivity index is 1.74. The number of carbonyl (C=O) groups is 2. The van der Waals surface area contributed by atoms with Crippen molar-refractivity contribution in [3.05, 3.63) is 11.1 Å². The van der Waals surface area contributed by atoms with Gasteiger partial charge >= 0.3 is 0 Å². The highest BCUT2D eigenvalue weighted by molar-refractivity contribution is 7.14. The molecule has 2 heterocycles. The topological polar surface area (TPSA) is 62.3 Å². The molecule has 3 atom stereocenters. The van der Waals surface area contributed by atoms with Crippen LogP contribution in [0.5, 0.6) is 0 Å². The van der Waals surface area contributed by atoms with Crippen LogP contribution in [0.15, 0.2) is 5.38 Å². The highest BCUT2D eigenvalue weighted by Crippen LogP contribution is 2.48. The number of hydrogen-bond acceptors (Lipinski definition) is 5. The molecule has 0 aromatic carbocycles. The zero-order valence-electron chi connectivity index (χ0n) is 11.0. The number of hydrogen-bond donors (Lipinski definition) is 1. The minimum atomic E-state index is -0.0647. The van der Waals surface area contributed by atoms with Crippen LogP contribution in [0.1, 0.15) is 38.4 Å². The highest BCUT2D eigenvalue weighted by atomic mass is 32.1. The average molecular weight is 279 g/mol. The predicted molar refractivity (Wildman–Crippen MR) is 72.9 cm³/mol. The minimum absolute atomic E-state index is 0.0597. The molecule has 1 aliphatic carbocycles. The summed E-state index contributed by atoms with van der Waals surface area (Å²) in [6.45, 7) is 5.08. The summed E-state index contributed by atoms with van der Waals surface area (Å²) in [6.07, 6.45) is 1.80. The van der Waals surface area contributed by atoms with Crippen molar-refractivity contribution in [2.75, 3.05) is 11.4 Å². The number of carbonyl (C=O) groups excluding carboxylic acids is 2. The first-order valence-corrected chi connectivity index (χ1v) is 7.58. The molecule has 0 radical (unpaired) electrons. The number of anilines is 1. The van der Waals surface area contributed by atoms with Gasteiger partial charge in [0.25, 0.3) is 0 Å². The maximum absolute atomic E-state index is 12.0. The van der Waals surface area contributed by atoms with Crippen molar-refractivity contribution in [1.29, 1.82) is 0 Å². The predicted octanol–water partition coefficient (Wildman–Crippen LogP) is 1.71. The van der Waals surface area contributed by atoms with Crippen LogP contribution in [0.2, 0.25) is 0 Å². The Morgan fingerprint density at radius 3 is 2.79 bits per heavy atom. The van der Waals surface area contributed by atoms with Gasteiger partial charge in [0.2, 0.25) is 11.8 Å². The third-order valence-corrected chi connectivity index (χ3v) is 4.55. The van der Waals surface area contributed by atoms with Crippen molar-refractivity contribution in [3.63, 3.8) is 0 Å². The molecule has 2 aliphatic rings. The normalized spacial score (nSPS) is 26.7. The van der Waals surface area contributed by atoms with E-state index in [-0.39, 0.29) is 29.7 Å². The van der Waals surface area contributed by atoms with Crippen LogP contribution in [0.3, 0.4) is 0 Å². The zero-order valence-corrected chi connectivity index (χ0v) is 11.9. The Labute approximate surface area is 116 Å². The van der Waals surface area contributed by atoms with E-state index in [1.807, 2.05) is 12.3 Å². The molecular formula is C13H17N3O2S. The van der Waals surface area contributed by atoms with E-state index in [2.05, 4.69) is 17.2 Å². The van der Waals surface area contributed by atoms with Gasteiger partial charge in [0, 0.05) is 11.4 Å². The monoisotopic (exact) mass is 279 g/mol. The second-order valence-corrected chi connectivity index (χ2v) is 6.03. The number of amides is 2. The summed E-state index contributed by atoms with van der Waals surface area (Å²) in [5, 5.41) is 5.80. The molecule has 3 rings (SSSR count). The van der Waals surface area contributed by atoms with Crippen molar-refractivity contribution < 1.29 is 9.59 Å². The molecule has 2 fully saturated rings.